The third kappa shape index (κ3) is 4.77. The van der Waals surface area contributed by atoms with Gasteiger partial charge in [0.2, 0.25) is 0 Å². The number of nitrogens with one attached hydrogen (secondary N) is 1. The molecule has 3 aromatic rings. The zero-order chi connectivity index (χ0) is 20.1. The predicted octanol–water partition coefficient (Wildman–Crippen LogP) is 6.19. The molecule has 1 heterocycles. The molecule has 2 aromatic carbocycles. The van der Waals surface area contributed by atoms with E-state index in [4.69, 9.17) is 4.74 Å². The molecule has 0 saturated heterocycles. The quantitative estimate of drug-likeness (QED) is 0.450. The van der Waals surface area contributed by atoms with Gasteiger partial charge in [0.25, 0.3) is 0 Å². The van der Waals surface area contributed by atoms with Gasteiger partial charge in [0, 0.05) is 29.2 Å². The number of aromatic amines is 1. The molecule has 28 heavy (non-hydrogen) atoms. The number of nitrogens with zero attached hydrogens (tertiary/aromatic N) is 1. The number of aryl methyl sites for hydroxylation is 2. The second-order valence-electron chi connectivity index (χ2n) is 8.17. The molecule has 0 spiro atoms. The van der Waals surface area contributed by atoms with Crippen molar-refractivity contribution in [1.82, 2.24) is 9.88 Å². The fraction of sp³-hybridized carbons (Fsp3) is 0.440. The van der Waals surface area contributed by atoms with Crippen molar-refractivity contribution in [2.45, 2.75) is 72.2 Å². The summed E-state index contributed by atoms with van der Waals surface area (Å²) in [6.07, 6.45) is 5.27. The maximum Gasteiger partial charge on any atom is 0.150 e. The molecule has 0 bridgehead atoms. The molecule has 1 N–H and O–H groups in total. The standard InChI is InChI=1S/C25H34N2O/c1-18(2)27(19(3)4)20(5)28-25-15-7-6-10-22(25)13-8-11-21-12-9-14-24-23(21)16-17-26-24/h6-7,9-10,12,14-20,26H,8,11,13H2,1-5H3. The van der Waals surface area contributed by atoms with Crippen molar-refractivity contribution in [2.24, 2.45) is 0 Å². The number of H-pyrrole nitrogens is 1. The van der Waals surface area contributed by atoms with Crippen LogP contribution >= 0.6 is 0 Å². The molecule has 3 heteroatoms. The van der Waals surface area contributed by atoms with Crippen LogP contribution in [0.4, 0.5) is 0 Å². The van der Waals surface area contributed by atoms with Gasteiger partial charge in [-0.05, 0) is 83.2 Å². The maximum absolute atomic E-state index is 6.41. The van der Waals surface area contributed by atoms with E-state index in [0.29, 0.717) is 12.1 Å². The minimum Gasteiger partial charge on any atom is -0.475 e. The van der Waals surface area contributed by atoms with Crippen LogP contribution in [0, 0.1) is 0 Å². The Kier molecular flexibility index (Phi) is 6.79. The number of fused-ring (bicyclic) bond motifs is 1. The van der Waals surface area contributed by atoms with Crippen LogP contribution in [0.25, 0.3) is 10.9 Å². The van der Waals surface area contributed by atoms with Crippen LogP contribution in [0.15, 0.2) is 54.7 Å². The summed E-state index contributed by atoms with van der Waals surface area (Å²) < 4.78 is 6.41. The normalized spacial score (nSPS) is 13.0. The van der Waals surface area contributed by atoms with E-state index in [-0.39, 0.29) is 6.23 Å². The van der Waals surface area contributed by atoms with Gasteiger partial charge in [-0.3, -0.25) is 4.90 Å². The number of hydrogen-bond donors (Lipinski definition) is 1. The van der Waals surface area contributed by atoms with Crippen molar-refractivity contribution in [1.29, 1.82) is 0 Å². The van der Waals surface area contributed by atoms with E-state index in [9.17, 15) is 0 Å². The highest BCUT2D eigenvalue weighted by Gasteiger charge is 2.22. The molecule has 0 fully saturated rings. The third-order valence-corrected chi connectivity index (χ3v) is 5.46. The molecule has 0 aliphatic carbocycles. The van der Waals surface area contributed by atoms with Gasteiger partial charge in [-0.1, -0.05) is 30.3 Å². The Labute approximate surface area is 169 Å². The van der Waals surface area contributed by atoms with Crippen molar-refractivity contribution in [3.05, 3.63) is 65.9 Å². The average molecular weight is 379 g/mol. The van der Waals surface area contributed by atoms with Gasteiger partial charge in [-0.15, -0.1) is 0 Å². The van der Waals surface area contributed by atoms with Crippen molar-refractivity contribution >= 4 is 10.9 Å². The van der Waals surface area contributed by atoms with E-state index in [1.54, 1.807) is 0 Å². The van der Waals surface area contributed by atoms with Crippen molar-refractivity contribution in [3.8, 4) is 5.75 Å². The second-order valence-corrected chi connectivity index (χ2v) is 8.17. The summed E-state index contributed by atoms with van der Waals surface area (Å²) in [4.78, 5) is 5.71. The summed E-state index contributed by atoms with van der Waals surface area (Å²) in [7, 11) is 0. The zero-order valence-corrected chi connectivity index (χ0v) is 17.9. The summed E-state index contributed by atoms with van der Waals surface area (Å²) in [6.45, 7) is 11.1. The van der Waals surface area contributed by atoms with Gasteiger partial charge in [-0.25, -0.2) is 0 Å². The summed E-state index contributed by atoms with van der Waals surface area (Å²) in [5.74, 6) is 1.01. The molecule has 1 unspecified atom stereocenters. The van der Waals surface area contributed by atoms with Crippen LogP contribution in [0.1, 0.15) is 52.2 Å². The number of aromatic nitrogens is 1. The Morgan fingerprint density at radius 2 is 1.50 bits per heavy atom. The number of ether oxygens (including phenoxy) is 1. The van der Waals surface area contributed by atoms with Crippen LogP contribution < -0.4 is 4.74 Å². The lowest BCUT2D eigenvalue weighted by atomic mass is 10.0. The largest absolute Gasteiger partial charge is 0.475 e. The zero-order valence-electron chi connectivity index (χ0n) is 17.9. The van der Waals surface area contributed by atoms with Gasteiger partial charge < -0.3 is 9.72 Å². The monoisotopic (exact) mass is 378 g/mol. The van der Waals surface area contributed by atoms with Crippen molar-refractivity contribution in [3.63, 3.8) is 0 Å². The molecule has 3 nitrogen and oxygen atoms in total. The minimum atomic E-state index is 0.0507. The fourth-order valence-electron chi connectivity index (χ4n) is 4.34. The van der Waals surface area contributed by atoms with E-state index in [1.807, 2.05) is 6.20 Å². The molecule has 0 saturated carbocycles. The predicted molar refractivity (Wildman–Crippen MR) is 119 cm³/mol. The highest BCUT2D eigenvalue weighted by atomic mass is 16.5. The van der Waals surface area contributed by atoms with Gasteiger partial charge in [0.05, 0.1) is 0 Å². The van der Waals surface area contributed by atoms with Crippen LogP contribution in [0.3, 0.4) is 0 Å². The van der Waals surface area contributed by atoms with E-state index in [0.717, 1.165) is 25.0 Å². The van der Waals surface area contributed by atoms with Crippen LogP contribution in [-0.4, -0.2) is 28.2 Å². The molecule has 0 aliphatic rings. The SMILES string of the molecule is CC(C)N(C(C)C)C(C)Oc1ccccc1CCCc1cccc2[nH]ccc12. The minimum absolute atomic E-state index is 0.0507. The lowest BCUT2D eigenvalue weighted by Gasteiger charge is -2.36. The molecule has 1 atom stereocenters. The van der Waals surface area contributed by atoms with Gasteiger partial charge in [-0.2, -0.15) is 0 Å². The topological polar surface area (TPSA) is 28.3 Å². The highest BCUT2D eigenvalue weighted by Crippen LogP contribution is 2.25. The molecular weight excluding hydrogens is 344 g/mol. The van der Waals surface area contributed by atoms with E-state index in [2.05, 4.69) is 93.0 Å². The Morgan fingerprint density at radius 3 is 2.25 bits per heavy atom. The van der Waals surface area contributed by atoms with E-state index in [1.165, 1.54) is 22.0 Å². The summed E-state index contributed by atoms with van der Waals surface area (Å²) in [5.41, 5.74) is 3.93. The Bertz CT molecular complexity index is 873. The van der Waals surface area contributed by atoms with Crippen molar-refractivity contribution < 1.29 is 4.74 Å². The Hall–Kier alpha value is -2.26. The molecule has 1 aromatic heterocycles. The first kappa shape index (κ1) is 20.5. The number of benzene rings is 2. The first-order valence-electron chi connectivity index (χ1n) is 10.5. The number of para-hydroxylation sites is 1. The smallest absolute Gasteiger partial charge is 0.150 e. The van der Waals surface area contributed by atoms with E-state index >= 15 is 0 Å². The van der Waals surface area contributed by atoms with Crippen LogP contribution in [0.2, 0.25) is 0 Å². The Balaban J connectivity index is 1.66. The molecular formula is C25H34N2O. The third-order valence-electron chi connectivity index (χ3n) is 5.46. The maximum atomic E-state index is 6.41. The molecule has 3 rings (SSSR count). The van der Waals surface area contributed by atoms with Gasteiger partial charge >= 0.3 is 0 Å². The second kappa shape index (κ2) is 9.29. The van der Waals surface area contributed by atoms with Crippen LogP contribution in [-0.2, 0) is 12.8 Å². The lowest BCUT2D eigenvalue weighted by Crippen LogP contribution is -2.46. The first-order valence-corrected chi connectivity index (χ1v) is 10.5. The number of hydrogen-bond acceptors (Lipinski definition) is 2. The first-order chi connectivity index (χ1) is 13.5. The lowest BCUT2D eigenvalue weighted by molar-refractivity contribution is -0.00615. The summed E-state index contributed by atoms with van der Waals surface area (Å²) >= 11 is 0. The fourth-order valence-corrected chi connectivity index (χ4v) is 4.34. The van der Waals surface area contributed by atoms with Crippen LogP contribution in [0.5, 0.6) is 5.75 Å². The Morgan fingerprint density at radius 1 is 0.821 bits per heavy atom. The van der Waals surface area contributed by atoms with Gasteiger partial charge in [0.15, 0.2) is 0 Å². The molecule has 150 valence electrons. The molecule has 0 radical (unpaired) electrons. The molecule has 0 amide bonds. The molecule has 0 aliphatic heterocycles. The average Bonchev–Trinajstić information content (AvgIpc) is 3.12. The van der Waals surface area contributed by atoms with Crippen molar-refractivity contribution in [2.75, 3.05) is 0 Å². The number of rotatable bonds is 9. The summed E-state index contributed by atoms with van der Waals surface area (Å²) in [6, 6.07) is 18.1. The summed E-state index contributed by atoms with van der Waals surface area (Å²) in [5, 5.41) is 1.34. The van der Waals surface area contributed by atoms with Gasteiger partial charge in [0.1, 0.15) is 12.0 Å². The highest BCUT2D eigenvalue weighted by molar-refractivity contribution is 5.82. The van der Waals surface area contributed by atoms with E-state index < -0.39 is 0 Å².